The molecule has 0 amide bonds. The maximum absolute atomic E-state index is 10.5. The van der Waals surface area contributed by atoms with Gasteiger partial charge in [0.15, 0.2) is 6.29 Å². The van der Waals surface area contributed by atoms with Crippen LogP contribution in [0.4, 0.5) is 0 Å². The van der Waals surface area contributed by atoms with E-state index in [4.69, 9.17) is 0 Å². The Kier molecular flexibility index (Phi) is 4.24. The number of hydrogen-bond acceptors (Lipinski definition) is 3. The monoisotopic (exact) mass is 193 g/mol. The second kappa shape index (κ2) is 5.52. The molecule has 0 unspecified atom stereocenters. The van der Waals surface area contributed by atoms with Crippen LogP contribution in [0.2, 0.25) is 0 Å². The van der Waals surface area contributed by atoms with Crippen LogP contribution in [0.15, 0.2) is 11.4 Å². The third kappa shape index (κ3) is 3.02. The molecule has 0 aliphatic rings. The van der Waals surface area contributed by atoms with Crippen molar-refractivity contribution in [2.24, 2.45) is 0 Å². The van der Waals surface area contributed by atoms with Crippen molar-refractivity contribution in [3.8, 4) is 11.8 Å². The first kappa shape index (κ1) is 9.97. The number of hydrogen-bond donors (Lipinski definition) is 1. The number of nitrogens with one attached hydrogen (secondary N) is 1. The number of rotatable bonds is 3. The molecule has 0 saturated carbocycles. The molecular weight excluding hydrogens is 182 g/mol. The molecule has 13 heavy (non-hydrogen) atoms. The zero-order valence-corrected chi connectivity index (χ0v) is 8.28. The molecule has 0 aliphatic heterocycles. The summed E-state index contributed by atoms with van der Waals surface area (Å²) in [7, 11) is 1.89. The average molecular weight is 193 g/mol. The second-order valence-electron chi connectivity index (χ2n) is 2.47. The van der Waals surface area contributed by atoms with Crippen LogP contribution >= 0.6 is 11.3 Å². The highest BCUT2D eigenvalue weighted by Crippen LogP contribution is 2.12. The first-order chi connectivity index (χ1) is 6.38. The van der Waals surface area contributed by atoms with E-state index >= 15 is 0 Å². The van der Waals surface area contributed by atoms with Gasteiger partial charge in [0.1, 0.15) is 0 Å². The Bertz CT molecular complexity index is 332. The van der Waals surface area contributed by atoms with E-state index in [9.17, 15) is 4.79 Å². The van der Waals surface area contributed by atoms with Gasteiger partial charge in [-0.2, -0.15) is 0 Å². The Morgan fingerprint density at radius 2 is 2.54 bits per heavy atom. The molecule has 1 N–H and O–H groups in total. The van der Waals surface area contributed by atoms with Crippen LogP contribution in [-0.4, -0.2) is 19.9 Å². The average Bonchev–Trinajstić information content (AvgIpc) is 2.60. The molecule has 1 heterocycles. The minimum absolute atomic E-state index is 0.719. The first-order valence-electron chi connectivity index (χ1n) is 4.04. The molecule has 0 aliphatic carbocycles. The van der Waals surface area contributed by atoms with Crippen LogP contribution in [0, 0.1) is 11.8 Å². The standard InChI is InChI=1S/C10H11NOS/c1-11-6-3-2-4-9-5-7-13-10(9)8-12/h5,7-8,11H,3,6H2,1H3. The first-order valence-corrected chi connectivity index (χ1v) is 4.92. The van der Waals surface area contributed by atoms with Gasteiger partial charge in [-0.1, -0.05) is 11.8 Å². The second-order valence-corrected chi connectivity index (χ2v) is 3.42. The number of carbonyl (C=O) groups excluding carboxylic acids is 1. The molecule has 0 bridgehead atoms. The topological polar surface area (TPSA) is 29.1 Å². The summed E-state index contributed by atoms with van der Waals surface area (Å²) < 4.78 is 0. The molecule has 0 spiro atoms. The van der Waals surface area contributed by atoms with Crippen molar-refractivity contribution in [2.75, 3.05) is 13.6 Å². The zero-order valence-electron chi connectivity index (χ0n) is 7.46. The minimum atomic E-state index is 0.719. The lowest BCUT2D eigenvalue weighted by molar-refractivity contribution is 0.112. The van der Waals surface area contributed by atoms with Crippen LogP contribution < -0.4 is 5.32 Å². The van der Waals surface area contributed by atoms with Crippen molar-refractivity contribution in [1.29, 1.82) is 0 Å². The highest BCUT2D eigenvalue weighted by Gasteiger charge is 1.97. The molecule has 3 heteroatoms. The Balaban J connectivity index is 2.60. The van der Waals surface area contributed by atoms with E-state index in [-0.39, 0.29) is 0 Å². The van der Waals surface area contributed by atoms with Crippen LogP contribution in [0.3, 0.4) is 0 Å². The molecule has 0 radical (unpaired) electrons. The van der Waals surface area contributed by atoms with E-state index in [1.807, 2.05) is 18.5 Å². The zero-order chi connectivity index (χ0) is 9.52. The van der Waals surface area contributed by atoms with E-state index in [0.29, 0.717) is 0 Å². The van der Waals surface area contributed by atoms with Crippen LogP contribution in [0.25, 0.3) is 0 Å². The Labute approximate surface area is 82.0 Å². The molecule has 2 nitrogen and oxygen atoms in total. The number of thiophene rings is 1. The summed E-state index contributed by atoms with van der Waals surface area (Å²) in [4.78, 5) is 11.2. The number of carbonyl (C=O) groups is 1. The smallest absolute Gasteiger partial charge is 0.161 e. The van der Waals surface area contributed by atoms with Gasteiger partial charge >= 0.3 is 0 Å². The van der Waals surface area contributed by atoms with E-state index in [1.54, 1.807) is 0 Å². The normalized spacial score (nSPS) is 9.00. The Morgan fingerprint density at radius 3 is 3.23 bits per heavy atom. The van der Waals surface area contributed by atoms with Gasteiger partial charge < -0.3 is 5.32 Å². The largest absolute Gasteiger partial charge is 0.319 e. The van der Waals surface area contributed by atoms with Gasteiger partial charge in [0.2, 0.25) is 0 Å². The van der Waals surface area contributed by atoms with Crippen LogP contribution in [0.5, 0.6) is 0 Å². The SMILES string of the molecule is CNCCC#Cc1ccsc1C=O. The molecule has 0 fully saturated rings. The third-order valence-electron chi connectivity index (χ3n) is 1.53. The molecule has 0 saturated heterocycles. The Hall–Kier alpha value is -1.11. The summed E-state index contributed by atoms with van der Waals surface area (Å²) >= 11 is 1.43. The van der Waals surface area contributed by atoms with E-state index in [2.05, 4.69) is 17.2 Å². The van der Waals surface area contributed by atoms with Gasteiger partial charge in [-0.3, -0.25) is 4.79 Å². The predicted octanol–water partition coefficient (Wildman–Crippen LogP) is 1.52. The van der Waals surface area contributed by atoms with Gasteiger partial charge in [-0.25, -0.2) is 0 Å². The van der Waals surface area contributed by atoms with Crippen molar-refractivity contribution in [3.05, 3.63) is 21.9 Å². The lowest BCUT2D eigenvalue weighted by atomic mass is 10.2. The summed E-state index contributed by atoms with van der Waals surface area (Å²) in [5, 5.41) is 4.89. The molecule has 1 aromatic rings. The highest BCUT2D eigenvalue weighted by molar-refractivity contribution is 7.11. The van der Waals surface area contributed by atoms with Crippen molar-refractivity contribution < 1.29 is 4.79 Å². The maximum atomic E-state index is 10.5. The van der Waals surface area contributed by atoms with Crippen LogP contribution in [0.1, 0.15) is 21.7 Å². The Morgan fingerprint density at radius 1 is 1.69 bits per heavy atom. The molecular formula is C10H11NOS. The molecule has 68 valence electrons. The van der Waals surface area contributed by atoms with Gasteiger partial charge in [0, 0.05) is 18.5 Å². The summed E-state index contributed by atoms with van der Waals surface area (Å²) in [6, 6.07) is 1.88. The summed E-state index contributed by atoms with van der Waals surface area (Å²) in [6.07, 6.45) is 1.66. The van der Waals surface area contributed by atoms with Crippen molar-refractivity contribution in [2.45, 2.75) is 6.42 Å². The lowest BCUT2D eigenvalue weighted by Crippen LogP contribution is -2.05. The molecule has 1 aromatic heterocycles. The van der Waals surface area contributed by atoms with Crippen molar-refractivity contribution >= 4 is 17.6 Å². The fourth-order valence-electron chi connectivity index (χ4n) is 0.861. The summed E-state index contributed by atoms with van der Waals surface area (Å²) in [5.74, 6) is 5.97. The minimum Gasteiger partial charge on any atom is -0.319 e. The predicted molar refractivity (Wildman–Crippen MR) is 55.1 cm³/mol. The summed E-state index contributed by atoms with van der Waals surface area (Å²) in [5.41, 5.74) is 0.844. The fraction of sp³-hybridized carbons (Fsp3) is 0.300. The van der Waals surface area contributed by atoms with E-state index in [0.717, 1.165) is 29.7 Å². The lowest BCUT2D eigenvalue weighted by Gasteiger charge is -1.87. The molecule has 1 rings (SSSR count). The number of aldehydes is 1. The summed E-state index contributed by atoms with van der Waals surface area (Å²) in [6.45, 7) is 0.882. The fourth-order valence-corrected chi connectivity index (χ4v) is 1.51. The van der Waals surface area contributed by atoms with Crippen molar-refractivity contribution in [1.82, 2.24) is 5.32 Å². The van der Waals surface area contributed by atoms with Crippen LogP contribution in [-0.2, 0) is 0 Å². The quantitative estimate of drug-likeness (QED) is 0.448. The molecule has 0 atom stereocenters. The van der Waals surface area contributed by atoms with Gasteiger partial charge in [0.05, 0.1) is 4.88 Å². The van der Waals surface area contributed by atoms with Gasteiger partial charge in [-0.05, 0) is 18.5 Å². The third-order valence-corrected chi connectivity index (χ3v) is 2.37. The van der Waals surface area contributed by atoms with Gasteiger partial charge in [0.25, 0.3) is 0 Å². The van der Waals surface area contributed by atoms with Gasteiger partial charge in [-0.15, -0.1) is 11.3 Å². The highest BCUT2D eigenvalue weighted by atomic mass is 32.1. The maximum Gasteiger partial charge on any atom is 0.161 e. The van der Waals surface area contributed by atoms with E-state index in [1.165, 1.54) is 11.3 Å². The van der Waals surface area contributed by atoms with E-state index < -0.39 is 0 Å². The molecule has 0 aromatic carbocycles. The van der Waals surface area contributed by atoms with Crippen molar-refractivity contribution in [3.63, 3.8) is 0 Å².